The molecule has 0 aliphatic carbocycles. The molecule has 2 aliphatic rings. The van der Waals surface area contributed by atoms with Crippen molar-refractivity contribution in [2.24, 2.45) is 5.92 Å². The van der Waals surface area contributed by atoms with Crippen molar-refractivity contribution in [3.05, 3.63) is 66.0 Å². The second kappa shape index (κ2) is 7.03. The molecule has 0 saturated carbocycles. The Labute approximate surface area is 174 Å². The van der Waals surface area contributed by atoms with Gasteiger partial charge in [-0.15, -0.1) is 0 Å². The zero-order valence-electron chi connectivity index (χ0n) is 16.0. The quantitative estimate of drug-likeness (QED) is 0.615. The van der Waals surface area contributed by atoms with Gasteiger partial charge in [0.2, 0.25) is 10.0 Å². The van der Waals surface area contributed by atoms with Gasteiger partial charge in [-0.25, -0.2) is 13.4 Å². The lowest BCUT2D eigenvalue weighted by Crippen LogP contribution is -2.25. The van der Waals surface area contributed by atoms with Gasteiger partial charge < -0.3 is 9.64 Å². The van der Waals surface area contributed by atoms with Crippen molar-refractivity contribution in [1.29, 1.82) is 0 Å². The summed E-state index contributed by atoms with van der Waals surface area (Å²) in [5.74, 6) is 1.07. The van der Waals surface area contributed by atoms with E-state index in [1.54, 1.807) is 6.20 Å². The largest absolute Gasteiger partial charge is 0.431 e. The highest BCUT2D eigenvalue weighted by Crippen LogP contribution is 2.36. The molecular formula is C21H21N3O3S2. The first kappa shape index (κ1) is 18.4. The predicted molar refractivity (Wildman–Crippen MR) is 114 cm³/mol. The molecule has 29 heavy (non-hydrogen) atoms. The summed E-state index contributed by atoms with van der Waals surface area (Å²) in [6, 6.07) is 16.0. The van der Waals surface area contributed by atoms with Crippen LogP contribution in [0.25, 0.3) is 10.2 Å². The first-order valence-electron chi connectivity index (χ1n) is 9.51. The van der Waals surface area contributed by atoms with Crippen LogP contribution < -0.4 is 4.74 Å². The minimum Gasteiger partial charge on any atom is -0.431 e. The number of benzene rings is 2. The summed E-state index contributed by atoms with van der Waals surface area (Å²) in [4.78, 5) is 6.78. The van der Waals surface area contributed by atoms with Gasteiger partial charge in [-0.3, -0.25) is 4.31 Å². The first-order valence-corrected chi connectivity index (χ1v) is 12.2. The van der Waals surface area contributed by atoms with E-state index in [0.717, 1.165) is 41.2 Å². The zero-order valence-corrected chi connectivity index (χ0v) is 17.6. The maximum absolute atomic E-state index is 11.8. The van der Waals surface area contributed by atoms with Crippen LogP contribution >= 0.6 is 11.3 Å². The number of rotatable bonds is 5. The highest BCUT2D eigenvalue weighted by atomic mass is 32.2. The van der Waals surface area contributed by atoms with E-state index in [9.17, 15) is 8.42 Å². The predicted octanol–water partition coefficient (Wildman–Crippen LogP) is 4.03. The third-order valence-electron chi connectivity index (χ3n) is 5.41. The van der Waals surface area contributed by atoms with Crippen LogP contribution in [-0.4, -0.2) is 42.0 Å². The SMILES string of the molecule is CS(=O)(=O)N1C=C2C(CCN2Cc2ccc(Oc3nc4ccccc4s3)cc2)C1. The lowest BCUT2D eigenvalue weighted by molar-refractivity contribution is 0.382. The number of hydrogen-bond donors (Lipinski definition) is 0. The Morgan fingerprint density at radius 1 is 1.17 bits per heavy atom. The Kier molecular flexibility index (Phi) is 4.48. The van der Waals surface area contributed by atoms with Gasteiger partial charge in [-0.05, 0) is 36.2 Å². The molecule has 5 rings (SSSR count). The first-order chi connectivity index (χ1) is 14.0. The van der Waals surface area contributed by atoms with Crippen LogP contribution in [-0.2, 0) is 16.6 Å². The fourth-order valence-corrected chi connectivity index (χ4v) is 5.50. The summed E-state index contributed by atoms with van der Waals surface area (Å²) in [7, 11) is -3.18. The third kappa shape index (κ3) is 3.70. The summed E-state index contributed by atoms with van der Waals surface area (Å²) in [5.41, 5.74) is 3.24. The van der Waals surface area contributed by atoms with Crippen LogP contribution in [0, 0.1) is 5.92 Å². The molecule has 6 nitrogen and oxygen atoms in total. The van der Waals surface area contributed by atoms with E-state index in [0.29, 0.717) is 17.7 Å². The number of para-hydroxylation sites is 1. The van der Waals surface area contributed by atoms with Gasteiger partial charge in [-0.1, -0.05) is 35.6 Å². The molecule has 0 amide bonds. The van der Waals surface area contributed by atoms with Crippen LogP contribution in [0.4, 0.5) is 0 Å². The number of fused-ring (bicyclic) bond motifs is 2. The average Bonchev–Trinajstić information content (AvgIpc) is 3.37. The fourth-order valence-electron chi connectivity index (χ4n) is 3.92. The van der Waals surface area contributed by atoms with Crippen molar-refractivity contribution in [1.82, 2.24) is 14.2 Å². The topological polar surface area (TPSA) is 62.7 Å². The Balaban J connectivity index is 1.27. The van der Waals surface area contributed by atoms with Gasteiger partial charge in [0.15, 0.2) is 0 Å². The Morgan fingerprint density at radius 3 is 2.72 bits per heavy atom. The maximum Gasteiger partial charge on any atom is 0.279 e. The lowest BCUT2D eigenvalue weighted by atomic mass is 10.1. The van der Waals surface area contributed by atoms with E-state index in [2.05, 4.69) is 22.0 Å². The van der Waals surface area contributed by atoms with Crippen molar-refractivity contribution in [3.63, 3.8) is 0 Å². The molecule has 1 saturated heterocycles. The molecule has 0 bridgehead atoms. The van der Waals surface area contributed by atoms with Crippen LogP contribution in [0.2, 0.25) is 0 Å². The van der Waals surface area contributed by atoms with Crippen molar-refractivity contribution < 1.29 is 13.2 Å². The second-order valence-corrected chi connectivity index (χ2v) is 10.4. The molecular weight excluding hydrogens is 406 g/mol. The van der Waals surface area contributed by atoms with Crippen LogP contribution in [0.3, 0.4) is 0 Å². The summed E-state index contributed by atoms with van der Waals surface area (Å²) in [5, 5.41) is 0.637. The highest BCUT2D eigenvalue weighted by molar-refractivity contribution is 7.88. The Hall–Kier alpha value is -2.58. The van der Waals surface area contributed by atoms with E-state index in [1.807, 2.05) is 36.4 Å². The number of likely N-dealkylation sites (tertiary alicyclic amines) is 1. The smallest absolute Gasteiger partial charge is 0.279 e. The standard InChI is InChI=1S/C21H21N3O3S2/c1-29(25,26)24-13-16-10-11-23(19(16)14-24)12-15-6-8-17(9-7-15)27-21-22-18-4-2-3-5-20(18)28-21/h2-9,14,16H,10-13H2,1H3. The molecule has 0 N–H and O–H groups in total. The fraction of sp³-hybridized carbons (Fsp3) is 0.286. The normalized spacial score (nSPS) is 18.9. The minimum atomic E-state index is -3.18. The third-order valence-corrected chi connectivity index (χ3v) is 7.43. The number of hydrogen-bond acceptors (Lipinski definition) is 6. The van der Waals surface area contributed by atoms with Gasteiger partial charge in [0.05, 0.1) is 16.5 Å². The van der Waals surface area contributed by atoms with Gasteiger partial charge in [-0.2, -0.15) is 0 Å². The lowest BCUT2D eigenvalue weighted by Gasteiger charge is -2.20. The van der Waals surface area contributed by atoms with E-state index in [-0.39, 0.29) is 0 Å². The van der Waals surface area contributed by atoms with E-state index in [1.165, 1.54) is 27.5 Å². The second-order valence-electron chi connectivity index (χ2n) is 7.49. The molecule has 150 valence electrons. The van der Waals surface area contributed by atoms with Gasteiger partial charge in [0.1, 0.15) is 5.75 Å². The van der Waals surface area contributed by atoms with Crippen LogP contribution in [0.1, 0.15) is 12.0 Å². The van der Waals surface area contributed by atoms with Crippen molar-refractivity contribution in [2.45, 2.75) is 13.0 Å². The molecule has 3 heterocycles. The Bertz CT molecular complexity index is 1150. The molecule has 1 unspecified atom stereocenters. The maximum atomic E-state index is 11.8. The van der Waals surface area contributed by atoms with Crippen LogP contribution in [0.15, 0.2) is 60.4 Å². The molecule has 2 aliphatic heterocycles. The molecule has 1 atom stereocenters. The number of nitrogens with zero attached hydrogens (tertiary/aromatic N) is 3. The van der Waals surface area contributed by atoms with E-state index in [4.69, 9.17) is 4.74 Å². The molecule has 3 aromatic rings. The van der Waals surface area contributed by atoms with Crippen LogP contribution in [0.5, 0.6) is 10.9 Å². The summed E-state index contributed by atoms with van der Waals surface area (Å²) in [6.45, 7) is 2.29. The number of thiazole rings is 1. The van der Waals surface area contributed by atoms with Crippen molar-refractivity contribution >= 4 is 31.6 Å². The molecule has 8 heteroatoms. The van der Waals surface area contributed by atoms with Gasteiger partial charge in [0, 0.05) is 37.4 Å². The monoisotopic (exact) mass is 427 g/mol. The zero-order chi connectivity index (χ0) is 20.0. The van der Waals surface area contributed by atoms with Gasteiger partial charge in [0.25, 0.3) is 5.19 Å². The summed E-state index contributed by atoms with van der Waals surface area (Å²) >= 11 is 1.53. The summed E-state index contributed by atoms with van der Waals surface area (Å²) in [6.07, 6.45) is 4.06. The molecule has 0 spiro atoms. The number of sulfonamides is 1. The molecule has 1 fully saturated rings. The van der Waals surface area contributed by atoms with Crippen molar-refractivity contribution in [2.75, 3.05) is 19.3 Å². The molecule has 2 aromatic carbocycles. The average molecular weight is 428 g/mol. The molecule has 0 radical (unpaired) electrons. The van der Waals surface area contributed by atoms with Crippen molar-refractivity contribution in [3.8, 4) is 10.9 Å². The van der Waals surface area contributed by atoms with E-state index < -0.39 is 10.0 Å². The van der Waals surface area contributed by atoms with Gasteiger partial charge >= 0.3 is 0 Å². The summed E-state index contributed by atoms with van der Waals surface area (Å²) < 4.78 is 32.1. The molecule has 1 aromatic heterocycles. The number of ether oxygens (including phenoxy) is 1. The minimum absolute atomic E-state index is 0.311. The number of aromatic nitrogens is 1. The Morgan fingerprint density at radius 2 is 1.97 bits per heavy atom. The highest BCUT2D eigenvalue weighted by Gasteiger charge is 2.36. The van der Waals surface area contributed by atoms with E-state index >= 15 is 0 Å².